The maximum Gasteiger partial charge on any atom is 0.241 e. The predicted octanol–water partition coefficient (Wildman–Crippen LogP) is 3.02. The highest BCUT2D eigenvalue weighted by Gasteiger charge is 2.16. The first-order valence-corrected chi connectivity index (χ1v) is 6.97. The Balaban J connectivity index is 2.28. The molecular weight excluding hydrogens is 270 g/mol. The molecule has 0 fully saturated rings. The SMILES string of the molecule is CCC[C@@H](N)C(=O)Nc1c(Cl)ccc2scnc12. The molecule has 0 bridgehead atoms. The van der Waals surface area contributed by atoms with Crippen molar-refractivity contribution in [3.8, 4) is 0 Å². The van der Waals surface area contributed by atoms with Gasteiger partial charge in [-0.05, 0) is 18.6 Å². The van der Waals surface area contributed by atoms with Crippen LogP contribution in [0.3, 0.4) is 0 Å². The molecule has 96 valence electrons. The fraction of sp³-hybridized carbons (Fsp3) is 0.333. The maximum atomic E-state index is 11.9. The van der Waals surface area contributed by atoms with E-state index < -0.39 is 6.04 Å². The van der Waals surface area contributed by atoms with Crippen LogP contribution in [-0.2, 0) is 4.79 Å². The highest BCUT2D eigenvalue weighted by molar-refractivity contribution is 7.16. The first kappa shape index (κ1) is 13.3. The fourth-order valence-corrected chi connectivity index (χ4v) is 2.57. The summed E-state index contributed by atoms with van der Waals surface area (Å²) >= 11 is 7.60. The van der Waals surface area contributed by atoms with Gasteiger partial charge in [0.15, 0.2) is 0 Å². The quantitative estimate of drug-likeness (QED) is 0.906. The number of benzene rings is 1. The monoisotopic (exact) mass is 283 g/mol. The Kier molecular flexibility index (Phi) is 4.16. The van der Waals surface area contributed by atoms with Crippen molar-refractivity contribution < 1.29 is 4.79 Å². The first-order valence-electron chi connectivity index (χ1n) is 5.71. The van der Waals surface area contributed by atoms with Crippen molar-refractivity contribution >= 4 is 44.7 Å². The molecule has 0 unspecified atom stereocenters. The molecule has 3 N–H and O–H groups in total. The minimum absolute atomic E-state index is 0.223. The topological polar surface area (TPSA) is 68.0 Å². The lowest BCUT2D eigenvalue weighted by molar-refractivity contribution is -0.117. The van der Waals surface area contributed by atoms with E-state index in [1.807, 2.05) is 13.0 Å². The second-order valence-corrected chi connectivity index (χ2v) is 5.30. The Morgan fingerprint density at radius 3 is 3.11 bits per heavy atom. The van der Waals surface area contributed by atoms with E-state index in [4.69, 9.17) is 17.3 Å². The molecule has 1 aromatic carbocycles. The summed E-state index contributed by atoms with van der Waals surface area (Å²) in [5.41, 5.74) is 8.76. The Bertz CT molecular complexity index is 569. The molecule has 6 heteroatoms. The van der Waals surface area contributed by atoms with Gasteiger partial charge in [-0.3, -0.25) is 4.79 Å². The van der Waals surface area contributed by atoms with E-state index in [1.54, 1.807) is 11.6 Å². The lowest BCUT2D eigenvalue weighted by atomic mass is 10.1. The number of anilines is 1. The summed E-state index contributed by atoms with van der Waals surface area (Å²) < 4.78 is 0.985. The lowest BCUT2D eigenvalue weighted by Crippen LogP contribution is -2.35. The molecule has 1 heterocycles. The number of carbonyl (C=O) groups is 1. The maximum absolute atomic E-state index is 11.9. The Labute approximate surface area is 114 Å². The molecule has 0 saturated heterocycles. The number of nitrogens with zero attached hydrogens (tertiary/aromatic N) is 1. The molecule has 0 aliphatic rings. The summed E-state index contributed by atoms with van der Waals surface area (Å²) in [6.45, 7) is 1.99. The van der Waals surface area contributed by atoms with E-state index >= 15 is 0 Å². The number of rotatable bonds is 4. The molecule has 0 spiro atoms. The molecule has 2 aromatic rings. The zero-order chi connectivity index (χ0) is 13.1. The van der Waals surface area contributed by atoms with Gasteiger partial charge in [0.05, 0.1) is 27.0 Å². The zero-order valence-corrected chi connectivity index (χ0v) is 11.5. The summed E-state index contributed by atoms with van der Waals surface area (Å²) in [6, 6.07) is 3.12. The smallest absolute Gasteiger partial charge is 0.241 e. The normalized spacial score (nSPS) is 12.6. The second-order valence-electron chi connectivity index (χ2n) is 4.01. The van der Waals surface area contributed by atoms with Crippen LogP contribution in [0.25, 0.3) is 10.2 Å². The third-order valence-corrected chi connectivity index (χ3v) is 3.75. The summed E-state index contributed by atoms with van der Waals surface area (Å²) in [5.74, 6) is -0.223. The van der Waals surface area contributed by atoms with Crippen molar-refractivity contribution in [1.82, 2.24) is 4.98 Å². The zero-order valence-electron chi connectivity index (χ0n) is 9.94. The van der Waals surface area contributed by atoms with Gasteiger partial charge in [-0.15, -0.1) is 11.3 Å². The number of fused-ring (bicyclic) bond motifs is 1. The number of thiazole rings is 1. The molecule has 2 rings (SSSR count). The van der Waals surface area contributed by atoms with Crippen LogP contribution in [-0.4, -0.2) is 16.9 Å². The average molecular weight is 284 g/mol. The molecule has 1 atom stereocenters. The number of hydrogen-bond donors (Lipinski definition) is 2. The van der Waals surface area contributed by atoms with Gasteiger partial charge in [-0.2, -0.15) is 0 Å². The minimum atomic E-state index is -0.514. The van der Waals surface area contributed by atoms with E-state index in [0.29, 0.717) is 22.6 Å². The van der Waals surface area contributed by atoms with Crippen LogP contribution in [0.1, 0.15) is 19.8 Å². The van der Waals surface area contributed by atoms with Gasteiger partial charge in [-0.1, -0.05) is 24.9 Å². The van der Waals surface area contributed by atoms with Crippen molar-refractivity contribution in [2.24, 2.45) is 5.73 Å². The van der Waals surface area contributed by atoms with Crippen molar-refractivity contribution in [1.29, 1.82) is 0 Å². The van der Waals surface area contributed by atoms with Gasteiger partial charge in [0, 0.05) is 0 Å². The van der Waals surface area contributed by atoms with E-state index in [0.717, 1.165) is 11.1 Å². The Hall–Kier alpha value is -1.17. The third-order valence-electron chi connectivity index (χ3n) is 2.64. The number of nitrogens with one attached hydrogen (secondary N) is 1. The van der Waals surface area contributed by atoms with Crippen LogP contribution in [0.15, 0.2) is 17.6 Å². The van der Waals surface area contributed by atoms with Gasteiger partial charge < -0.3 is 11.1 Å². The van der Waals surface area contributed by atoms with Crippen molar-refractivity contribution in [2.45, 2.75) is 25.8 Å². The van der Waals surface area contributed by atoms with Crippen LogP contribution in [0.4, 0.5) is 5.69 Å². The molecule has 4 nitrogen and oxygen atoms in total. The van der Waals surface area contributed by atoms with Crippen LogP contribution in [0, 0.1) is 0 Å². The van der Waals surface area contributed by atoms with Crippen LogP contribution >= 0.6 is 22.9 Å². The minimum Gasteiger partial charge on any atom is -0.322 e. The molecule has 18 heavy (non-hydrogen) atoms. The summed E-state index contributed by atoms with van der Waals surface area (Å²) in [4.78, 5) is 16.1. The summed E-state index contributed by atoms with van der Waals surface area (Å²) in [7, 11) is 0. The van der Waals surface area contributed by atoms with Crippen molar-refractivity contribution in [3.05, 3.63) is 22.7 Å². The standard InChI is InChI=1S/C12H14ClN3OS/c1-2-3-8(14)12(17)16-10-7(13)4-5-9-11(10)15-6-18-9/h4-6,8H,2-3,14H2,1H3,(H,16,17)/t8-/m1/s1. The molecule has 0 aliphatic heterocycles. The predicted molar refractivity (Wildman–Crippen MR) is 76.1 cm³/mol. The largest absolute Gasteiger partial charge is 0.322 e. The number of hydrogen-bond acceptors (Lipinski definition) is 4. The third kappa shape index (κ3) is 2.63. The van der Waals surface area contributed by atoms with Crippen molar-refractivity contribution in [3.63, 3.8) is 0 Å². The molecule has 0 radical (unpaired) electrons. The first-order chi connectivity index (χ1) is 8.63. The molecular formula is C12H14ClN3OS. The highest BCUT2D eigenvalue weighted by Crippen LogP contribution is 2.32. The number of halogens is 1. The Morgan fingerprint density at radius 1 is 1.61 bits per heavy atom. The van der Waals surface area contributed by atoms with Crippen molar-refractivity contribution in [2.75, 3.05) is 5.32 Å². The van der Waals surface area contributed by atoms with Crippen LogP contribution in [0.2, 0.25) is 5.02 Å². The average Bonchev–Trinajstić information content (AvgIpc) is 2.81. The van der Waals surface area contributed by atoms with Crippen LogP contribution in [0.5, 0.6) is 0 Å². The molecule has 1 amide bonds. The number of aromatic nitrogens is 1. The summed E-state index contributed by atoms with van der Waals surface area (Å²) in [5, 5.41) is 3.25. The van der Waals surface area contributed by atoms with E-state index in [2.05, 4.69) is 10.3 Å². The van der Waals surface area contributed by atoms with Gasteiger partial charge >= 0.3 is 0 Å². The van der Waals surface area contributed by atoms with Gasteiger partial charge in [-0.25, -0.2) is 4.98 Å². The van der Waals surface area contributed by atoms with Gasteiger partial charge in [0.2, 0.25) is 5.91 Å². The summed E-state index contributed by atoms with van der Waals surface area (Å²) in [6.07, 6.45) is 1.51. The lowest BCUT2D eigenvalue weighted by Gasteiger charge is -2.12. The molecule has 1 aromatic heterocycles. The second kappa shape index (κ2) is 5.65. The Morgan fingerprint density at radius 2 is 2.39 bits per heavy atom. The number of carbonyl (C=O) groups excluding carboxylic acids is 1. The molecule has 0 aliphatic carbocycles. The van der Waals surface area contributed by atoms with E-state index in [9.17, 15) is 4.79 Å². The number of nitrogens with two attached hydrogens (primary N) is 1. The van der Waals surface area contributed by atoms with E-state index in [1.165, 1.54) is 11.3 Å². The van der Waals surface area contributed by atoms with Gasteiger partial charge in [0.25, 0.3) is 0 Å². The number of amides is 1. The fourth-order valence-electron chi connectivity index (χ4n) is 1.68. The highest BCUT2D eigenvalue weighted by atomic mass is 35.5. The van der Waals surface area contributed by atoms with E-state index in [-0.39, 0.29) is 5.91 Å². The molecule has 0 saturated carbocycles. The van der Waals surface area contributed by atoms with Crippen LogP contribution < -0.4 is 11.1 Å². The van der Waals surface area contributed by atoms with Gasteiger partial charge in [0.1, 0.15) is 5.52 Å².